The van der Waals surface area contributed by atoms with Crippen LogP contribution in [0.2, 0.25) is 0 Å². The maximum absolute atomic E-state index is 11.6. The van der Waals surface area contributed by atoms with Gasteiger partial charge in [0, 0.05) is 49.9 Å². The molecule has 3 rings (SSSR count). The number of carbonyl (C=O) groups excluding carboxylic acids is 1. The van der Waals surface area contributed by atoms with Crippen molar-refractivity contribution < 1.29 is 4.79 Å². The van der Waals surface area contributed by atoms with Crippen LogP contribution in [0.4, 0.5) is 5.82 Å². The Morgan fingerprint density at radius 1 is 1.00 bits per heavy atom. The molecule has 1 aromatic carbocycles. The fraction of sp³-hybridized carbons (Fsp3) is 0.476. The Kier molecular flexibility index (Phi) is 5.25. The van der Waals surface area contributed by atoms with Gasteiger partial charge in [-0.15, -0.1) is 0 Å². The van der Waals surface area contributed by atoms with E-state index >= 15 is 0 Å². The van der Waals surface area contributed by atoms with E-state index in [-0.39, 0.29) is 5.91 Å². The summed E-state index contributed by atoms with van der Waals surface area (Å²) in [6, 6.07) is 8.35. The lowest BCUT2D eigenvalue weighted by Crippen LogP contribution is -2.48. The van der Waals surface area contributed by atoms with Crippen LogP contribution in [0, 0.1) is 13.8 Å². The molecule has 2 heterocycles. The van der Waals surface area contributed by atoms with Gasteiger partial charge in [0.05, 0.1) is 0 Å². The monoisotopic (exact) mass is 352 g/mol. The van der Waals surface area contributed by atoms with Gasteiger partial charge in [-0.25, -0.2) is 9.97 Å². The Bertz CT molecular complexity index is 790. The van der Waals surface area contributed by atoms with Crippen LogP contribution in [0.25, 0.3) is 11.4 Å². The van der Waals surface area contributed by atoms with Crippen molar-refractivity contribution in [2.75, 3.05) is 31.1 Å². The van der Waals surface area contributed by atoms with Crippen LogP contribution in [0.3, 0.4) is 0 Å². The molecule has 26 heavy (non-hydrogen) atoms. The average molecular weight is 352 g/mol. The Hall–Kier alpha value is -2.43. The molecule has 138 valence electrons. The average Bonchev–Trinajstić information content (AvgIpc) is 2.61. The number of hydrogen-bond acceptors (Lipinski definition) is 4. The highest BCUT2D eigenvalue weighted by Crippen LogP contribution is 2.31. The lowest BCUT2D eigenvalue weighted by atomic mass is 10.0. The number of hydrogen-bond donors (Lipinski definition) is 0. The lowest BCUT2D eigenvalue weighted by Gasteiger charge is -2.36. The van der Waals surface area contributed by atoms with E-state index < -0.39 is 0 Å². The van der Waals surface area contributed by atoms with Crippen LogP contribution in [0.1, 0.15) is 43.5 Å². The number of aromatic nitrogens is 2. The molecular formula is C21H28N4O. The minimum atomic E-state index is 0.146. The Labute approximate surface area is 156 Å². The topological polar surface area (TPSA) is 49.3 Å². The summed E-state index contributed by atoms with van der Waals surface area (Å²) in [6.45, 7) is 13.3. The second-order valence-corrected chi connectivity index (χ2v) is 7.38. The molecular weight excluding hydrogens is 324 g/mol. The Balaban J connectivity index is 1.99. The van der Waals surface area contributed by atoms with E-state index in [1.54, 1.807) is 6.92 Å². The van der Waals surface area contributed by atoms with Gasteiger partial charge in [-0.05, 0) is 19.8 Å². The first-order valence-electron chi connectivity index (χ1n) is 9.33. The summed E-state index contributed by atoms with van der Waals surface area (Å²) in [5.41, 5.74) is 4.51. The summed E-state index contributed by atoms with van der Waals surface area (Å²) >= 11 is 0. The van der Waals surface area contributed by atoms with E-state index in [1.807, 2.05) is 4.90 Å². The second kappa shape index (κ2) is 7.44. The number of nitrogens with zero attached hydrogens (tertiary/aromatic N) is 4. The first-order valence-corrected chi connectivity index (χ1v) is 9.33. The molecule has 2 aromatic rings. The first kappa shape index (κ1) is 18.4. The van der Waals surface area contributed by atoms with Crippen LogP contribution in [-0.2, 0) is 4.79 Å². The zero-order chi connectivity index (χ0) is 18.8. The third kappa shape index (κ3) is 3.71. The van der Waals surface area contributed by atoms with Gasteiger partial charge in [0.2, 0.25) is 5.91 Å². The summed E-state index contributed by atoms with van der Waals surface area (Å²) in [5, 5.41) is 0. The van der Waals surface area contributed by atoms with E-state index in [2.05, 4.69) is 56.9 Å². The van der Waals surface area contributed by atoms with Gasteiger partial charge < -0.3 is 9.80 Å². The lowest BCUT2D eigenvalue weighted by molar-refractivity contribution is -0.129. The summed E-state index contributed by atoms with van der Waals surface area (Å²) in [6.07, 6.45) is 0. The summed E-state index contributed by atoms with van der Waals surface area (Å²) in [5.74, 6) is 2.29. The third-order valence-corrected chi connectivity index (χ3v) is 5.03. The van der Waals surface area contributed by atoms with Crippen molar-refractivity contribution in [1.29, 1.82) is 0 Å². The number of aryl methyl sites for hydroxylation is 2. The van der Waals surface area contributed by atoms with E-state index in [0.717, 1.165) is 49.1 Å². The number of benzene rings is 1. The number of anilines is 1. The third-order valence-electron chi connectivity index (χ3n) is 5.03. The summed E-state index contributed by atoms with van der Waals surface area (Å²) in [7, 11) is 0. The highest BCUT2D eigenvalue weighted by molar-refractivity contribution is 5.73. The fourth-order valence-electron chi connectivity index (χ4n) is 3.55. The van der Waals surface area contributed by atoms with Crippen molar-refractivity contribution in [3.8, 4) is 11.4 Å². The summed E-state index contributed by atoms with van der Waals surface area (Å²) < 4.78 is 0. The summed E-state index contributed by atoms with van der Waals surface area (Å²) in [4.78, 5) is 25.6. The predicted octanol–water partition coefficient (Wildman–Crippen LogP) is 3.55. The van der Waals surface area contributed by atoms with Crippen molar-refractivity contribution in [2.24, 2.45) is 0 Å². The quantitative estimate of drug-likeness (QED) is 0.848. The standard InChI is InChI=1S/C21H28N4O/c1-14(2)19-16(4)22-20(18-8-6-15(3)7-9-18)23-21(19)25-12-10-24(11-13-25)17(5)26/h6-9,14H,10-13H2,1-5H3. The van der Waals surface area contributed by atoms with Gasteiger partial charge in [-0.1, -0.05) is 43.7 Å². The SMILES string of the molecule is CC(=O)N1CCN(c2nc(-c3ccc(C)cc3)nc(C)c2C(C)C)CC1. The minimum Gasteiger partial charge on any atom is -0.353 e. The molecule has 0 bridgehead atoms. The van der Waals surface area contributed by atoms with E-state index in [1.165, 1.54) is 11.1 Å². The van der Waals surface area contributed by atoms with Crippen LogP contribution in [-0.4, -0.2) is 47.0 Å². The van der Waals surface area contributed by atoms with Gasteiger partial charge >= 0.3 is 0 Å². The van der Waals surface area contributed by atoms with Gasteiger partial charge in [-0.2, -0.15) is 0 Å². The fourth-order valence-corrected chi connectivity index (χ4v) is 3.55. The van der Waals surface area contributed by atoms with E-state index in [4.69, 9.17) is 9.97 Å². The van der Waals surface area contributed by atoms with Gasteiger partial charge in [-0.3, -0.25) is 4.79 Å². The predicted molar refractivity (Wildman–Crippen MR) is 105 cm³/mol. The van der Waals surface area contributed by atoms with Crippen molar-refractivity contribution >= 4 is 11.7 Å². The molecule has 1 saturated heterocycles. The van der Waals surface area contributed by atoms with Crippen molar-refractivity contribution in [3.05, 3.63) is 41.1 Å². The highest BCUT2D eigenvalue weighted by Gasteiger charge is 2.24. The molecule has 1 aliphatic heterocycles. The molecule has 0 radical (unpaired) electrons. The van der Waals surface area contributed by atoms with Crippen molar-refractivity contribution in [2.45, 2.75) is 40.5 Å². The largest absolute Gasteiger partial charge is 0.353 e. The Morgan fingerprint density at radius 3 is 2.15 bits per heavy atom. The van der Waals surface area contributed by atoms with E-state index in [0.29, 0.717) is 5.92 Å². The van der Waals surface area contributed by atoms with Crippen LogP contribution >= 0.6 is 0 Å². The molecule has 0 atom stereocenters. The van der Waals surface area contributed by atoms with E-state index in [9.17, 15) is 4.79 Å². The molecule has 1 aromatic heterocycles. The number of piperazine rings is 1. The minimum absolute atomic E-state index is 0.146. The Morgan fingerprint density at radius 2 is 1.62 bits per heavy atom. The molecule has 0 unspecified atom stereocenters. The smallest absolute Gasteiger partial charge is 0.219 e. The number of rotatable bonds is 3. The maximum atomic E-state index is 11.6. The molecule has 5 nitrogen and oxygen atoms in total. The number of carbonyl (C=O) groups is 1. The second-order valence-electron chi connectivity index (χ2n) is 7.38. The molecule has 0 saturated carbocycles. The van der Waals surface area contributed by atoms with Gasteiger partial charge in [0.1, 0.15) is 5.82 Å². The van der Waals surface area contributed by atoms with Crippen LogP contribution < -0.4 is 4.90 Å². The van der Waals surface area contributed by atoms with Crippen LogP contribution in [0.15, 0.2) is 24.3 Å². The van der Waals surface area contributed by atoms with Gasteiger partial charge in [0.15, 0.2) is 5.82 Å². The normalized spacial score (nSPS) is 14.8. The highest BCUT2D eigenvalue weighted by atomic mass is 16.2. The first-order chi connectivity index (χ1) is 12.4. The zero-order valence-corrected chi connectivity index (χ0v) is 16.4. The molecule has 0 N–H and O–H groups in total. The molecule has 1 fully saturated rings. The number of amides is 1. The molecule has 1 amide bonds. The maximum Gasteiger partial charge on any atom is 0.219 e. The van der Waals surface area contributed by atoms with Crippen LogP contribution in [0.5, 0.6) is 0 Å². The molecule has 1 aliphatic rings. The molecule has 0 aliphatic carbocycles. The van der Waals surface area contributed by atoms with Crippen molar-refractivity contribution in [1.82, 2.24) is 14.9 Å². The zero-order valence-electron chi connectivity index (χ0n) is 16.4. The molecule has 0 spiro atoms. The van der Waals surface area contributed by atoms with Crippen molar-refractivity contribution in [3.63, 3.8) is 0 Å². The molecule has 5 heteroatoms. The van der Waals surface area contributed by atoms with Gasteiger partial charge in [0.25, 0.3) is 0 Å².